The van der Waals surface area contributed by atoms with E-state index in [9.17, 15) is 13.2 Å². The van der Waals surface area contributed by atoms with Crippen LogP contribution in [0, 0.1) is 0 Å². The number of hydrogen-bond donors (Lipinski definition) is 1. The van der Waals surface area contributed by atoms with Gasteiger partial charge in [-0.1, -0.05) is 25.7 Å². The van der Waals surface area contributed by atoms with Crippen LogP contribution in [-0.4, -0.2) is 75.9 Å². The summed E-state index contributed by atoms with van der Waals surface area (Å²) in [4.78, 5) is 18.6. The SMILES string of the molecule is CN(C)S(=O)(=O)c1ccc(N2CCCC2)c(C(=O)NCC2(N3CCCCC3)CCCCC2)c1. The molecule has 2 heterocycles. The van der Waals surface area contributed by atoms with Crippen LogP contribution in [0.25, 0.3) is 0 Å². The second-order valence-corrected chi connectivity index (χ2v) is 12.3. The van der Waals surface area contributed by atoms with Crippen molar-refractivity contribution in [2.24, 2.45) is 0 Å². The minimum absolute atomic E-state index is 0.0372. The number of piperidine rings is 1. The van der Waals surface area contributed by atoms with E-state index in [2.05, 4.69) is 15.1 Å². The monoisotopic (exact) mass is 476 g/mol. The van der Waals surface area contributed by atoms with Gasteiger partial charge in [0.25, 0.3) is 5.91 Å². The molecule has 1 amide bonds. The van der Waals surface area contributed by atoms with Crippen LogP contribution in [0.5, 0.6) is 0 Å². The molecule has 0 bridgehead atoms. The summed E-state index contributed by atoms with van der Waals surface area (Å²) in [7, 11) is -0.566. The normalized spacial score (nSPS) is 22.0. The van der Waals surface area contributed by atoms with E-state index in [0.29, 0.717) is 12.1 Å². The zero-order chi connectivity index (χ0) is 23.5. The number of nitrogens with one attached hydrogen (secondary N) is 1. The minimum atomic E-state index is -3.61. The average Bonchev–Trinajstić information content (AvgIpc) is 3.38. The van der Waals surface area contributed by atoms with E-state index in [1.165, 1.54) is 56.9 Å². The lowest BCUT2D eigenvalue weighted by atomic mass is 9.79. The molecule has 1 aliphatic carbocycles. The number of amides is 1. The summed E-state index contributed by atoms with van der Waals surface area (Å²) in [6.45, 7) is 4.67. The van der Waals surface area contributed by atoms with E-state index in [0.717, 1.165) is 57.5 Å². The summed E-state index contributed by atoms with van der Waals surface area (Å²) < 4.78 is 26.8. The van der Waals surface area contributed by atoms with E-state index >= 15 is 0 Å². The van der Waals surface area contributed by atoms with Gasteiger partial charge in [0.05, 0.1) is 10.5 Å². The number of hydrogen-bond acceptors (Lipinski definition) is 5. The predicted molar refractivity (Wildman–Crippen MR) is 132 cm³/mol. The Morgan fingerprint density at radius 2 is 1.55 bits per heavy atom. The van der Waals surface area contributed by atoms with Crippen molar-refractivity contribution in [1.29, 1.82) is 0 Å². The number of likely N-dealkylation sites (tertiary alicyclic amines) is 1. The first-order valence-electron chi connectivity index (χ1n) is 12.7. The first-order valence-corrected chi connectivity index (χ1v) is 14.1. The predicted octanol–water partition coefficient (Wildman–Crippen LogP) is 3.46. The maximum Gasteiger partial charge on any atom is 0.253 e. The molecule has 0 spiro atoms. The molecular weight excluding hydrogens is 436 g/mol. The summed E-state index contributed by atoms with van der Waals surface area (Å²) >= 11 is 0. The van der Waals surface area contributed by atoms with Gasteiger partial charge >= 0.3 is 0 Å². The molecule has 0 aromatic heterocycles. The molecule has 7 nitrogen and oxygen atoms in total. The fourth-order valence-electron chi connectivity index (χ4n) is 5.83. The second-order valence-electron chi connectivity index (χ2n) is 10.2. The zero-order valence-corrected chi connectivity index (χ0v) is 21.1. The van der Waals surface area contributed by atoms with Crippen LogP contribution in [0.3, 0.4) is 0 Å². The lowest BCUT2D eigenvalue weighted by Crippen LogP contribution is -2.58. The van der Waals surface area contributed by atoms with Gasteiger partial charge < -0.3 is 10.2 Å². The Morgan fingerprint density at radius 3 is 2.18 bits per heavy atom. The number of carbonyl (C=O) groups is 1. The molecule has 2 saturated heterocycles. The number of rotatable bonds is 7. The standard InChI is InChI=1S/C25H40N4O3S/c1-27(2)33(31,32)21-11-12-23(28-15-9-10-16-28)22(19-21)24(30)26-20-25(13-5-3-6-14-25)29-17-7-4-8-18-29/h11-12,19H,3-10,13-18,20H2,1-2H3,(H,26,30). The lowest BCUT2D eigenvalue weighted by Gasteiger charge is -2.48. The summed E-state index contributed by atoms with van der Waals surface area (Å²) in [6.07, 6.45) is 11.9. The van der Waals surface area contributed by atoms with Crippen LogP contribution >= 0.6 is 0 Å². The van der Waals surface area contributed by atoms with Gasteiger partial charge in [0, 0.05) is 45.0 Å². The average molecular weight is 477 g/mol. The maximum atomic E-state index is 13.6. The number of sulfonamides is 1. The highest BCUT2D eigenvalue weighted by atomic mass is 32.2. The zero-order valence-electron chi connectivity index (χ0n) is 20.3. The van der Waals surface area contributed by atoms with Gasteiger partial charge in [-0.25, -0.2) is 12.7 Å². The maximum absolute atomic E-state index is 13.6. The first-order chi connectivity index (χ1) is 15.8. The Morgan fingerprint density at radius 1 is 0.939 bits per heavy atom. The molecule has 33 heavy (non-hydrogen) atoms. The van der Waals surface area contributed by atoms with E-state index in [-0.39, 0.29) is 16.3 Å². The van der Waals surface area contributed by atoms with Gasteiger partial charge in [-0.15, -0.1) is 0 Å². The van der Waals surface area contributed by atoms with E-state index < -0.39 is 10.0 Å². The number of nitrogens with zero attached hydrogens (tertiary/aromatic N) is 3. The van der Waals surface area contributed by atoms with Crippen LogP contribution < -0.4 is 10.2 Å². The fraction of sp³-hybridized carbons (Fsp3) is 0.720. The van der Waals surface area contributed by atoms with Gasteiger partial charge in [-0.3, -0.25) is 9.69 Å². The first kappa shape index (κ1) is 24.5. The molecule has 3 aliphatic rings. The van der Waals surface area contributed by atoms with E-state index in [4.69, 9.17) is 0 Å². The molecule has 1 N–H and O–H groups in total. The lowest BCUT2D eigenvalue weighted by molar-refractivity contribution is 0.0327. The molecule has 1 saturated carbocycles. The van der Waals surface area contributed by atoms with Gasteiger partial charge in [0.15, 0.2) is 0 Å². The Hall–Kier alpha value is -1.64. The van der Waals surface area contributed by atoms with E-state index in [1.54, 1.807) is 12.1 Å². The summed E-state index contributed by atoms with van der Waals surface area (Å²) in [5.41, 5.74) is 1.36. The summed E-state index contributed by atoms with van der Waals surface area (Å²) in [6, 6.07) is 5.03. The topological polar surface area (TPSA) is 73.0 Å². The highest BCUT2D eigenvalue weighted by molar-refractivity contribution is 7.89. The molecule has 184 valence electrons. The van der Waals surface area contributed by atoms with Crippen LogP contribution in [0.2, 0.25) is 0 Å². The molecule has 3 fully saturated rings. The molecule has 8 heteroatoms. The molecule has 0 radical (unpaired) electrons. The van der Waals surface area contributed by atoms with Crippen LogP contribution in [0.15, 0.2) is 23.1 Å². The van der Waals surface area contributed by atoms with Crippen molar-refractivity contribution < 1.29 is 13.2 Å². The molecule has 1 aromatic rings. The van der Waals surface area contributed by atoms with Gasteiger partial charge in [0.2, 0.25) is 10.0 Å². The van der Waals surface area contributed by atoms with Crippen molar-refractivity contribution in [3.8, 4) is 0 Å². The van der Waals surface area contributed by atoms with Gasteiger partial charge in [0.1, 0.15) is 0 Å². The third kappa shape index (κ3) is 5.23. The summed E-state index contributed by atoms with van der Waals surface area (Å²) in [5, 5.41) is 3.26. The Balaban J connectivity index is 1.60. The van der Waals surface area contributed by atoms with Crippen LogP contribution in [0.4, 0.5) is 5.69 Å². The van der Waals surface area contributed by atoms with Crippen molar-refractivity contribution in [2.45, 2.75) is 74.6 Å². The number of anilines is 1. The van der Waals surface area contributed by atoms with Crippen molar-refractivity contribution in [3.05, 3.63) is 23.8 Å². The molecule has 4 rings (SSSR count). The Bertz CT molecular complexity index is 929. The van der Waals surface area contributed by atoms with Crippen LogP contribution in [0.1, 0.15) is 74.6 Å². The minimum Gasteiger partial charge on any atom is -0.371 e. The van der Waals surface area contributed by atoms with Gasteiger partial charge in [-0.2, -0.15) is 0 Å². The quantitative estimate of drug-likeness (QED) is 0.653. The van der Waals surface area contributed by atoms with Crippen molar-refractivity contribution >= 4 is 21.6 Å². The van der Waals surface area contributed by atoms with Crippen molar-refractivity contribution in [2.75, 3.05) is 51.7 Å². The Labute approximate surface area is 199 Å². The Kier molecular flexibility index (Phi) is 7.66. The fourth-order valence-corrected chi connectivity index (χ4v) is 6.75. The van der Waals surface area contributed by atoms with Crippen molar-refractivity contribution in [3.63, 3.8) is 0 Å². The third-order valence-electron chi connectivity index (χ3n) is 7.83. The molecule has 0 atom stereocenters. The number of benzene rings is 1. The van der Waals surface area contributed by atoms with Crippen molar-refractivity contribution in [1.82, 2.24) is 14.5 Å². The van der Waals surface area contributed by atoms with Gasteiger partial charge in [-0.05, 0) is 69.8 Å². The smallest absolute Gasteiger partial charge is 0.253 e. The largest absolute Gasteiger partial charge is 0.371 e. The molecular formula is C25H40N4O3S. The second kappa shape index (κ2) is 10.3. The molecule has 0 unspecified atom stereocenters. The molecule has 2 aliphatic heterocycles. The highest BCUT2D eigenvalue weighted by Gasteiger charge is 2.39. The van der Waals surface area contributed by atoms with E-state index in [1.807, 2.05) is 6.07 Å². The third-order valence-corrected chi connectivity index (χ3v) is 9.64. The molecule has 1 aromatic carbocycles. The number of carbonyl (C=O) groups excluding carboxylic acids is 1. The summed E-state index contributed by atoms with van der Waals surface area (Å²) in [5.74, 6) is -0.158. The highest BCUT2D eigenvalue weighted by Crippen LogP contribution is 2.35. The van der Waals surface area contributed by atoms with Crippen LogP contribution in [-0.2, 0) is 10.0 Å².